The van der Waals surface area contributed by atoms with Gasteiger partial charge in [-0.3, -0.25) is 4.90 Å². The highest BCUT2D eigenvalue weighted by molar-refractivity contribution is 6.30. The molecular formula is C16H20ClF2NO4. The third kappa shape index (κ3) is 3.34. The van der Waals surface area contributed by atoms with Crippen LogP contribution in [0.5, 0.6) is 0 Å². The fourth-order valence-corrected chi connectivity index (χ4v) is 2.73. The van der Waals surface area contributed by atoms with Gasteiger partial charge in [0.1, 0.15) is 5.60 Å². The van der Waals surface area contributed by atoms with Gasteiger partial charge >= 0.3 is 6.09 Å². The lowest BCUT2D eigenvalue weighted by Gasteiger charge is -2.33. The molecule has 5 nitrogen and oxygen atoms in total. The summed E-state index contributed by atoms with van der Waals surface area (Å²) in [5, 5.41) is 20.0. The van der Waals surface area contributed by atoms with Crippen molar-refractivity contribution in [3.63, 3.8) is 0 Å². The lowest BCUT2D eigenvalue weighted by Crippen LogP contribution is -2.48. The zero-order valence-corrected chi connectivity index (χ0v) is 14.4. The first-order valence-corrected chi connectivity index (χ1v) is 7.81. The molecule has 0 aromatic heterocycles. The van der Waals surface area contributed by atoms with Crippen molar-refractivity contribution in [2.75, 3.05) is 18.1 Å². The maximum absolute atomic E-state index is 14.5. The first-order valence-electron chi connectivity index (χ1n) is 7.43. The number of carbonyl (C=O) groups excluding carboxylic acids is 1. The van der Waals surface area contributed by atoms with Crippen LogP contribution in [0.15, 0.2) is 18.2 Å². The van der Waals surface area contributed by atoms with Crippen LogP contribution < -0.4 is 4.90 Å². The molecule has 1 aromatic carbocycles. The maximum atomic E-state index is 14.5. The summed E-state index contributed by atoms with van der Waals surface area (Å²) in [5.41, 5.74) is -3.94. The third-order valence-corrected chi connectivity index (χ3v) is 4.03. The van der Waals surface area contributed by atoms with E-state index in [9.17, 15) is 23.8 Å². The van der Waals surface area contributed by atoms with Crippen molar-refractivity contribution >= 4 is 23.4 Å². The van der Waals surface area contributed by atoms with Crippen molar-refractivity contribution in [1.29, 1.82) is 0 Å². The first kappa shape index (κ1) is 18.9. The molecule has 0 radical (unpaired) electrons. The van der Waals surface area contributed by atoms with E-state index in [1.807, 2.05) is 0 Å². The molecule has 1 aliphatic rings. The maximum Gasteiger partial charge on any atom is 0.414 e. The van der Waals surface area contributed by atoms with Crippen LogP contribution in [-0.2, 0) is 10.3 Å². The van der Waals surface area contributed by atoms with E-state index in [-0.39, 0.29) is 22.8 Å². The summed E-state index contributed by atoms with van der Waals surface area (Å²) in [5.74, 6) is -3.65. The number of benzene rings is 1. The van der Waals surface area contributed by atoms with Crippen LogP contribution in [-0.4, -0.2) is 41.0 Å². The predicted molar refractivity (Wildman–Crippen MR) is 85.6 cm³/mol. The van der Waals surface area contributed by atoms with Crippen LogP contribution >= 0.6 is 11.6 Å². The summed E-state index contributed by atoms with van der Waals surface area (Å²) in [4.78, 5) is 13.4. The topological polar surface area (TPSA) is 70.0 Å². The van der Waals surface area contributed by atoms with Gasteiger partial charge in [-0.15, -0.1) is 0 Å². The average Bonchev–Trinajstić information content (AvgIpc) is 2.52. The van der Waals surface area contributed by atoms with Crippen LogP contribution in [0.3, 0.4) is 0 Å². The molecule has 1 heterocycles. The third-order valence-electron chi connectivity index (χ3n) is 3.79. The van der Waals surface area contributed by atoms with Crippen molar-refractivity contribution in [3.05, 3.63) is 28.8 Å². The van der Waals surface area contributed by atoms with E-state index in [4.69, 9.17) is 16.3 Å². The highest BCUT2D eigenvalue weighted by Crippen LogP contribution is 2.47. The Balaban J connectivity index is 2.59. The average molecular weight is 364 g/mol. The summed E-state index contributed by atoms with van der Waals surface area (Å²) >= 11 is 5.87. The Bertz CT molecular complexity index is 647. The number of fused-ring (bicyclic) bond motifs is 1. The van der Waals surface area contributed by atoms with Crippen molar-refractivity contribution in [3.8, 4) is 0 Å². The quantitative estimate of drug-likeness (QED) is 0.803. The Labute approximate surface area is 143 Å². The number of halogens is 3. The SMILES string of the molecule is CC(C)(C)OC(=O)N1CCC(F)(F)C(O)(CO)c2cc(Cl)ccc21. The highest BCUT2D eigenvalue weighted by Gasteiger charge is 2.56. The number of aliphatic hydroxyl groups is 2. The molecule has 24 heavy (non-hydrogen) atoms. The van der Waals surface area contributed by atoms with E-state index < -0.39 is 36.2 Å². The minimum absolute atomic E-state index is 0.0300. The van der Waals surface area contributed by atoms with Gasteiger partial charge in [-0.1, -0.05) is 11.6 Å². The molecule has 134 valence electrons. The summed E-state index contributed by atoms with van der Waals surface area (Å²) in [6, 6.07) is 3.90. The number of ether oxygens (including phenoxy) is 1. The molecular weight excluding hydrogens is 344 g/mol. The minimum Gasteiger partial charge on any atom is -0.443 e. The number of amides is 1. The Morgan fingerprint density at radius 1 is 1.42 bits per heavy atom. The highest BCUT2D eigenvalue weighted by atomic mass is 35.5. The summed E-state index contributed by atoms with van der Waals surface area (Å²) < 4.78 is 34.2. The van der Waals surface area contributed by atoms with E-state index in [2.05, 4.69) is 0 Å². The number of alkyl halides is 2. The molecule has 1 aliphatic heterocycles. The van der Waals surface area contributed by atoms with E-state index in [0.29, 0.717) is 0 Å². The Morgan fingerprint density at radius 2 is 2.04 bits per heavy atom. The van der Waals surface area contributed by atoms with E-state index in [0.717, 1.165) is 11.0 Å². The van der Waals surface area contributed by atoms with Gasteiger partial charge in [-0.25, -0.2) is 13.6 Å². The van der Waals surface area contributed by atoms with E-state index in [1.165, 1.54) is 12.1 Å². The van der Waals surface area contributed by atoms with Gasteiger partial charge in [0.25, 0.3) is 5.92 Å². The van der Waals surface area contributed by atoms with Crippen LogP contribution in [0.2, 0.25) is 5.02 Å². The van der Waals surface area contributed by atoms with Gasteiger partial charge in [-0.2, -0.15) is 0 Å². The number of hydrogen-bond donors (Lipinski definition) is 2. The molecule has 0 aliphatic carbocycles. The van der Waals surface area contributed by atoms with Gasteiger partial charge in [-0.05, 0) is 39.0 Å². The molecule has 0 saturated heterocycles. The van der Waals surface area contributed by atoms with E-state index >= 15 is 0 Å². The molecule has 1 atom stereocenters. The van der Waals surface area contributed by atoms with Crippen LogP contribution in [0.1, 0.15) is 32.8 Å². The number of nitrogens with zero attached hydrogens (tertiary/aromatic N) is 1. The summed E-state index contributed by atoms with van der Waals surface area (Å²) in [7, 11) is 0. The number of anilines is 1. The molecule has 2 N–H and O–H groups in total. The number of aliphatic hydroxyl groups excluding tert-OH is 1. The summed E-state index contributed by atoms with van der Waals surface area (Å²) in [6.45, 7) is 3.38. The van der Waals surface area contributed by atoms with Gasteiger partial charge in [0.2, 0.25) is 0 Å². The Hall–Kier alpha value is -1.44. The standard InChI is InChI=1S/C16H20ClF2NO4/c1-14(2,3)24-13(22)20-7-6-16(18,19)15(23,9-21)11-8-10(17)4-5-12(11)20/h4-5,8,21,23H,6-7,9H2,1-3H3. The molecule has 8 heteroatoms. The smallest absolute Gasteiger partial charge is 0.414 e. The fourth-order valence-electron chi connectivity index (χ4n) is 2.56. The first-order chi connectivity index (χ1) is 10.9. The second-order valence-corrected chi connectivity index (χ2v) is 7.20. The van der Waals surface area contributed by atoms with Gasteiger partial charge in [0.15, 0.2) is 5.60 Å². The predicted octanol–water partition coefficient (Wildman–Crippen LogP) is 3.30. The monoisotopic (exact) mass is 363 g/mol. The molecule has 2 rings (SSSR count). The second kappa shape index (κ2) is 6.13. The number of carbonyl (C=O) groups is 1. The zero-order chi connectivity index (χ0) is 18.3. The van der Waals surface area contributed by atoms with Gasteiger partial charge in [0, 0.05) is 23.6 Å². The minimum atomic E-state index is -3.65. The second-order valence-electron chi connectivity index (χ2n) is 6.77. The van der Waals surface area contributed by atoms with Gasteiger partial charge < -0.3 is 14.9 Å². The van der Waals surface area contributed by atoms with E-state index in [1.54, 1.807) is 20.8 Å². The molecule has 0 saturated carbocycles. The Morgan fingerprint density at radius 3 is 2.58 bits per heavy atom. The lowest BCUT2D eigenvalue weighted by atomic mass is 9.86. The zero-order valence-electron chi connectivity index (χ0n) is 13.6. The van der Waals surface area contributed by atoms with Crippen molar-refractivity contribution in [2.45, 2.75) is 44.3 Å². The molecule has 0 bridgehead atoms. The van der Waals surface area contributed by atoms with Crippen LogP contribution in [0, 0.1) is 0 Å². The normalized spacial score (nSPS) is 23.4. The molecule has 1 unspecified atom stereocenters. The van der Waals surface area contributed by atoms with Crippen LogP contribution in [0.4, 0.5) is 19.3 Å². The summed E-state index contributed by atoms with van der Waals surface area (Å²) in [6.07, 6.45) is -1.65. The molecule has 1 amide bonds. The molecule has 1 aromatic rings. The molecule has 0 fully saturated rings. The van der Waals surface area contributed by atoms with Crippen molar-refractivity contribution in [2.24, 2.45) is 0 Å². The lowest BCUT2D eigenvalue weighted by molar-refractivity contribution is -0.205. The molecule has 0 spiro atoms. The van der Waals surface area contributed by atoms with Crippen LogP contribution in [0.25, 0.3) is 0 Å². The largest absolute Gasteiger partial charge is 0.443 e. The number of hydrogen-bond acceptors (Lipinski definition) is 4. The van der Waals surface area contributed by atoms with Crippen molar-refractivity contribution in [1.82, 2.24) is 0 Å². The Kier molecular flexibility index (Phi) is 4.82. The fraction of sp³-hybridized carbons (Fsp3) is 0.562. The van der Waals surface area contributed by atoms with Crippen molar-refractivity contribution < 1.29 is 28.5 Å². The number of rotatable bonds is 1. The van der Waals surface area contributed by atoms with Gasteiger partial charge in [0.05, 0.1) is 12.3 Å².